The third-order valence-corrected chi connectivity index (χ3v) is 5.24. The number of anilines is 1. The lowest BCUT2D eigenvalue weighted by molar-refractivity contribution is -0.142. The Morgan fingerprint density at radius 1 is 0.829 bits per heavy atom. The van der Waals surface area contributed by atoms with Gasteiger partial charge in [0, 0.05) is 17.7 Å². The molecule has 0 spiro atoms. The molecular formula is C28H30N2O5. The molecule has 35 heavy (non-hydrogen) atoms. The number of aryl methyl sites for hydroxylation is 3. The number of ether oxygens (including phenoxy) is 2. The van der Waals surface area contributed by atoms with Gasteiger partial charge < -0.3 is 20.1 Å². The molecule has 0 heterocycles. The molecule has 3 aromatic rings. The fourth-order valence-corrected chi connectivity index (χ4v) is 3.60. The highest BCUT2D eigenvalue weighted by atomic mass is 16.5. The molecule has 7 heteroatoms. The molecule has 0 aliphatic rings. The first-order chi connectivity index (χ1) is 16.8. The zero-order valence-corrected chi connectivity index (χ0v) is 20.2. The highest BCUT2D eigenvalue weighted by molar-refractivity contribution is 5.96. The molecule has 0 atom stereocenters. The van der Waals surface area contributed by atoms with E-state index < -0.39 is 11.9 Å². The van der Waals surface area contributed by atoms with Crippen LogP contribution in [0.5, 0.6) is 11.5 Å². The van der Waals surface area contributed by atoms with Crippen molar-refractivity contribution in [2.24, 2.45) is 0 Å². The van der Waals surface area contributed by atoms with E-state index in [-0.39, 0.29) is 25.5 Å². The van der Waals surface area contributed by atoms with Gasteiger partial charge in [-0.25, -0.2) is 0 Å². The average Bonchev–Trinajstić information content (AvgIpc) is 2.83. The summed E-state index contributed by atoms with van der Waals surface area (Å²) in [5, 5.41) is 5.46. The third-order valence-electron chi connectivity index (χ3n) is 5.24. The lowest BCUT2D eigenvalue weighted by Crippen LogP contribution is -2.30. The van der Waals surface area contributed by atoms with E-state index in [2.05, 4.69) is 10.6 Å². The topological polar surface area (TPSA) is 93.7 Å². The zero-order valence-electron chi connectivity index (χ0n) is 20.2. The van der Waals surface area contributed by atoms with Crippen LogP contribution in [-0.2, 0) is 14.3 Å². The second-order valence-electron chi connectivity index (χ2n) is 8.27. The van der Waals surface area contributed by atoms with E-state index in [0.717, 1.165) is 22.4 Å². The Hall–Kier alpha value is -4.13. The minimum absolute atomic E-state index is 0.0967. The van der Waals surface area contributed by atoms with Gasteiger partial charge in [-0.2, -0.15) is 0 Å². The van der Waals surface area contributed by atoms with Gasteiger partial charge in [-0.05, 0) is 74.7 Å². The summed E-state index contributed by atoms with van der Waals surface area (Å²) in [7, 11) is 0. The summed E-state index contributed by atoms with van der Waals surface area (Å²) in [5.41, 5.74) is 4.38. The molecule has 0 radical (unpaired) electrons. The average molecular weight is 475 g/mol. The number of amides is 2. The standard InChI is InChI=1S/C28H30N2O5/c1-19-16-20(2)27(21(3)17-19)30-25(31)10-7-15-34-26(32)18-29-28(33)22-11-13-24(14-12-22)35-23-8-5-4-6-9-23/h4-6,8-9,11-14,16-17H,7,10,15,18H2,1-3H3,(H,29,33)(H,30,31). The quantitative estimate of drug-likeness (QED) is 0.315. The number of nitrogens with one attached hydrogen (secondary N) is 2. The van der Waals surface area contributed by atoms with Crippen LogP contribution in [0.3, 0.4) is 0 Å². The summed E-state index contributed by atoms with van der Waals surface area (Å²) in [5.74, 6) is 0.211. The molecule has 182 valence electrons. The van der Waals surface area contributed by atoms with Gasteiger partial charge in [0.1, 0.15) is 18.0 Å². The highest BCUT2D eigenvalue weighted by Crippen LogP contribution is 2.22. The summed E-state index contributed by atoms with van der Waals surface area (Å²) in [6.07, 6.45) is 0.613. The largest absolute Gasteiger partial charge is 0.464 e. The van der Waals surface area contributed by atoms with Gasteiger partial charge in [-0.15, -0.1) is 0 Å². The first-order valence-corrected chi connectivity index (χ1v) is 11.5. The third kappa shape index (κ3) is 7.99. The van der Waals surface area contributed by atoms with Crippen LogP contribution in [0.25, 0.3) is 0 Å². The van der Waals surface area contributed by atoms with Gasteiger partial charge in [0.2, 0.25) is 5.91 Å². The van der Waals surface area contributed by atoms with Crippen LogP contribution in [0.2, 0.25) is 0 Å². The van der Waals surface area contributed by atoms with Gasteiger partial charge in [0.15, 0.2) is 0 Å². The molecule has 2 amide bonds. The molecule has 0 fully saturated rings. The second-order valence-corrected chi connectivity index (χ2v) is 8.27. The maximum absolute atomic E-state index is 12.3. The molecule has 0 unspecified atom stereocenters. The molecule has 0 bridgehead atoms. The summed E-state index contributed by atoms with van der Waals surface area (Å²) in [6, 6.07) is 20.0. The van der Waals surface area contributed by atoms with Gasteiger partial charge in [0.25, 0.3) is 5.91 Å². The van der Waals surface area contributed by atoms with Gasteiger partial charge in [-0.1, -0.05) is 35.9 Å². The van der Waals surface area contributed by atoms with E-state index in [1.807, 2.05) is 63.2 Å². The molecule has 0 saturated heterocycles. The van der Waals surface area contributed by atoms with Crippen LogP contribution in [0.1, 0.15) is 39.9 Å². The second kappa shape index (κ2) is 12.4. The molecule has 3 rings (SSSR count). The van der Waals surface area contributed by atoms with Crippen molar-refractivity contribution in [2.45, 2.75) is 33.6 Å². The van der Waals surface area contributed by atoms with E-state index in [0.29, 0.717) is 23.5 Å². The molecule has 0 aromatic heterocycles. The molecule has 0 aliphatic heterocycles. The van der Waals surface area contributed by atoms with Crippen molar-refractivity contribution in [3.05, 3.63) is 89.0 Å². The number of carbonyl (C=O) groups is 3. The fraction of sp³-hybridized carbons (Fsp3) is 0.250. The minimum Gasteiger partial charge on any atom is -0.464 e. The SMILES string of the molecule is Cc1cc(C)c(NC(=O)CCCOC(=O)CNC(=O)c2ccc(Oc3ccccc3)cc2)c(C)c1. The van der Waals surface area contributed by atoms with Crippen LogP contribution in [0, 0.1) is 20.8 Å². The Labute approximate surface area is 205 Å². The predicted molar refractivity (Wildman–Crippen MR) is 135 cm³/mol. The summed E-state index contributed by atoms with van der Waals surface area (Å²) in [6.45, 7) is 5.77. The smallest absolute Gasteiger partial charge is 0.325 e. The van der Waals surface area contributed by atoms with Crippen LogP contribution >= 0.6 is 0 Å². The Morgan fingerprint density at radius 2 is 1.46 bits per heavy atom. The number of benzene rings is 3. The fourth-order valence-electron chi connectivity index (χ4n) is 3.60. The van der Waals surface area contributed by atoms with Gasteiger partial charge >= 0.3 is 5.97 Å². The van der Waals surface area contributed by atoms with Crippen LogP contribution in [0.15, 0.2) is 66.7 Å². The van der Waals surface area contributed by atoms with E-state index in [1.54, 1.807) is 24.3 Å². The number of hydrogen-bond acceptors (Lipinski definition) is 5. The van der Waals surface area contributed by atoms with Gasteiger partial charge in [0.05, 0.1) is 6.61 Å². The number of para-hydroxylation sites is 1. The minimum atomic E-state index is -0.562. The number of esters is 1. The first-order valence-electron chi connectivity index (χ1n) is 11.5. The molecule has 0 saturated carbocycles. The lowest BCUT2D eigenvalue weighted by atomic mass is 10.0. The van der Waals surface area contributed by atoms with Crippen LogP contribution in [0.4, 0.5) is 5.69 Å². The molecular weight excluding hydrogens is 444 g/mol. The Kier molecular flexibility index (Phi) is 9.01. The van der Waals surface area contributed by atoms with Crippen molar-refractivity contribution in [2.75, 3.05) is 18.5 Å². The highest BCUT2D eigenvalue weighted by Gasteiger charge is 2.11. The molecule has 0 aliphatic carbocycles. The maximum atomic E-state index is 12.3. The summed E-state index contributed by atoms with van der Waals surface area (Å²) >= 11 is 0. The summed E-state index contributed by atoms with van der Waals surface area (Å²) < 4.78 is 10.8. The first kappa shape index (κ1) is 25.5. The van der Waals surface area contributed by atoms with Crippen LogP contribution in [-0.4, -0.2) is 30.9 Å². The van der Waals surface area contributed by atoms with Crippen molar-refractivity contribution in [1.29, 1.82) is 0 Å². The van der Waals surface area contributed by atoms with Crippen LogP contribution < -0.4 is 15.4 Å². The maximum Gasteiger partial charge on any atom is 0.325 e. The molecule has 2 N–H and O–H groups in total. The number of rotatable bonds is 10. The van der Waals surface area contributed by atoms with E-state index >= 15 is 0 Å². The van der Waals surface area contributed by atoms with E-state index in [4.69, 9.17) is 9.47 Å². The molecule has 3 aromatic carbocycles. The van der Waals surface area contributed by atoms with Crippen molar-refractivity contribution in [1.82, 2.24) is 5.32 Å². The Morgan fingerprint density at radius 3 is 2.11 bits per heavy atom. The zero-order chi connectivity index (χ0) is 25.2. The monoisotopic (exact) mass is 474 g/mol. The normalized spacial score (nSPS) is 10.4. The van der Waals surface area contributed by atoms with E-state index in [9.17, 15) is 14.4 Å². The summed E-state index contributed by atoms with van der Waals surface area (Å²) in [4.78, 5) is 36.4. The Bertz CT molecular complexity index is 1150. The van der Waals surface area contributed by atoms with Crippen molar-refractivity contribution >= 4 is 23.5 Å². The lowest BCUT2D eigenvalue weighted by Gasteiger charge is -2.13. The van der Waals surface area contributed by atoms with E-state index in [1.165, 1.54) is 0 Å². The Balaban J connectivity index is 1.34. The predicted octanol–water partition coefficient (Wildman–Crippen LogP) is 5.10. The van der Waals surface area contributed by atoms with Crippen molar-refractivity contribution in [3.8, 4) is 11.5 Å². The van der Waals surface area contributed by atoms with Crippen molar-refractivity contribution in [3.63, 3.8) is 0 Å². The number of hydrogen-bond donors (Lipinski definition) is 2. The van der Waals surface area contributed by atoms with Crippen molar-refractivity contribution < 1.29 is 23.9 Å². The number of carbonyl (C=O) groups excluding carboxylic acids is 3. The molecule has 7 nitrogen and oxygen atoms in total. The van der Waals surface area contributed by atoms with Gasteiger partial charge in [-0.3, -0.25) is 14.4 Å².